The third-order valence-corrected chi connectivity index (χ3v) is 6.52. The lowest BCUT2D eigenvalue weighted by molar-refractivity contribution is -0.138. The quantitative estimate of drug-likeness (QED) is 0.251. The normalized spacial score (nSPS) is 11.7. The van der Waals surface area contributed by atoms with Crippen molar-refractivity contribution in [3.8, 4) is 16.6 Å². The number of hydrogen-bond acceptors (Lipinski definition) is 10. The van der Waals surface area contributed by atoms with Gasteiger partial charge in [0.25, 0.3) is 0 Å². The molecule has 0 aliphatic rings. The Morgan fingerprint density at radius 2 is 2.12 bits per heavy atom. The van der Waals surface area contributed by atoms with E-state index in [0.29, 0.717) is 16.6 Å². The van der Waals surface area contributed by atoms with Gasteiger partial charge in [-0.05, 0) is 17.5 Å². The summed E-state index contributed by atoms with van der Waals surface area (Å²) < 4.78 is 40.7. The molecule has 2 N–H and O–H groups in total. The summed E-state index contributed by atoms with van der Waals surface area (Å²) in [6, 6.07) is 5.60. The number of hydrogen-bond donors (Lipinski definition) is 2. The number of carbonyl (C=O) groups is 2. The number of pyridine rings is 1. The standard InChI is InChI=1S/C19H12F3N5O4S3/c1-31-27-15(17(29)30)12-7-34-18(25-12)26-14(28)8-33-16-9(6-23)10(19(20,21)22)5-11(24-16)13-3-2-4-32-13/h2-5,7H,8H2,1H3,(H,29,30)(H,25,26,28)/b27-15+. The van der Waals surface area contributed by atoms with E-state index in [1.54, 1.807) is 17.5 Å². The summed E-state index contributed by atoms with van der Waals surface area (Å²) in [5.74, 6) is -2.41. The molecule has 3 heterocycles. The molecule has 176 valence electrons. The molecule has 0 saturated heterocycles. The summed E-state index contributed by atoms with van der Waals surface area (Å²) in [5.41, 5.74) is -2.30. The monoisotopic (exact) mass is 527 g/mol. The van der Waals surface area contributed by atoms with Crippen molar-refractivity contribution in [1.29, 1.82) is 5.26 Å². The van der Waals surface area contributed by atoms with Gasteiger partial charge in [-0.3, -0.25) is 4.79 Å². The van der Waals surface area contributed by atoms with Crippen LogP contribution in [-0.2, 0) is 20.6 Å². The highest BCUT2D eigenvalue weighted by Gasteiger charge is 2.36. The van der Waals surface area contributed by atoms with Crippen LogP contribution in [0.5, 0.6) is 0 Å². The van der Waals surface area contributed by atoms with E-state index in [-0.39, 0.29) is 27.3 Å². The first-order valence-electron chi connectivity index (χ1n) is 8.93. The molecule has 0 fully saturated rings. The average molecular weight is 528 g/mol. The van der Waals surface area contributed by atoms with E-state index in [9.17, 15) is 28.0 Å². The fourth-order valence-electron chi connectivity index (χ4n) is 2.52. The first kappa shape index (κ1) is 25.1. The Bertz CT molecular complexity index is 1280. The third kappa shape index (κ3) is 5.90. The number of thioether (sulfide) groups is 1. The fourth-order valence-corrected chi connectivity index (χ4v) is 4.72. The number of nitrogens with zero attached hydrogens (tertiary/aromatic N) is 4. The molecule has 3 aromatic heterocycles. The maximum absolute atomic E-state index is 13.6. The van der Waals surface area contributed by atoms with Gasteiger partial charge in [0.05, 0.1) is 27.5 Å². The van der Waals surface area contributed by atoms with Crippen LogP contribution >= 0.6 is 34.4 Å². The smallest absolute Gasteiger partial charge is 0.417 e. The summed E-state index contributed by atoms with van der Waals surface area (Å²) in [4.78, 5) is 36.6. The van der Waals surface area contributed by atoms with Gasteiger partial charge in [0.15, 0.2) is 5.13 Å². The molecule has 3 rings (SSSR count). The Balaban J connectivity index is 1.81. The number of aromatic nitrogens is 2. The van der Waals surface area contributed by atoms with E-state index in [1.165, 1.54) is 22.8 Å². The van der Waals surface area contributed by atoms with Crippen molar-refractivity contribution in [2.75, 3.05) is 18.2 Å². The minimum absolute atomic E-state index is 0.0347. The van der Waals surface area contributed by atoms with E-state index in [0.717, 1.165) is 24.5 Å². The van der Waals surface area contributed by atoms with Crippen molar-refractivity contribution in [3.63, 3.8) is 0 Å². The van der Waals surface area contributed by atoms with Gasteiger partial charge >= 0.3 is 12.1 Å². The number of rotatable bonds is 8. The Morgan fingerprint density at radius 3 is 2.71 bits per heavy atom. The number of carbonyl (C=O) groups excluding carboxylic acids is 1. The van der Waals surface area contributed by atoms with Crippen molar-refractivity contribution in [1.82, 2.24) is 9.97 Å². The SMILES string of the molecule is CO/N=C(/C(=O)O)c1csc(NC(=O)CSc2nc(-c3cccs3)cc(C(F)(F)F)c2C#N)n1. The Morgan fingerprint density at radius 1 is 1.35 bits per heavy atom. The number of aliphatic carboxylic acids is 1. The predicted molar refractivity (Wildman–Crippen MR) is 120 cm³/mol. The van der Waals surface area contributed by atoms with Crippen LogP contribution in [-0.4, -0.2) is 45.5 Å². The number of thiazole rings is 1. The highest BCUT2D eigenvalue weighted by atomic mass is 32.2. The number of alkyl halides is 3. The van der Waals surface area contributed by atoms with Crippen LogP contribution in [0.15, 0.2) is 39.1 Å². The molecule has 0 bridgehead atoms. The molecule has 34 heavy (non-hydrogen) atoms. The van der Waals surface area contributed by atoms with Crippen molar-refractivity contribution in [2.24, 2.45) is 5.16 Å². The fraction of sp³-hybridized carbons (Fsp3) is 0.158. The molecule has 0 atom stereocenters. The van der Waals surface area contributed by atoms with Gasteiger partial charge in [-0.2, -0.15) is 18.4 Å². The lowest BCUT2D eigenvalue weighted by atomic mass is 10.1. The molecule has 1 amide bonds. The van der Waals surface area contributed by atoms with Crippen LogP contribution in [0, 0.1) is 11.3 Å². The largest absolute Gasteiger partial charge is 0.476 e. The highest BCUT2D eigenvalue weighted by Crippen LogP contribution is 2.38. The topological polar surface area (TPSA) is 138 Å². The van der Waals surface area contributed by atoms with E-state index in [1.807, 2.05) is 0 Å². The van der Waals surface area contributed by atoms with Crippen molar-refractivity contribution < 1.29 is 32.7 Å². The van der Waals surface area contributed by atoms with Gasteiger partial charge in [0, 0.05) is 5.38 Å². The first-order chi connectivity index (χ1) is 16.1. The van der Waals surface area contributed by atoms with Gasteiger partial charge in [0.2, 0.25) is 11.6 Å². The van der Waals surface area contributed by atoms with E-state index < -0.39 is 34.9 Å². The zero-order valence-corrected chi connectivity index (χ0v) is 19.4. The van der Waals surface area contributed by atoms with Crippen LogP contribution in [0.2, 0.25) is 0 Å². The van der Waals surface area contributed by atoms with Crippen LogP contribution < -0.4 is 5.32 Å². The number of nitriles is 1. The Kier molecular flexibility index (Phi) is 7.87. The second-order valence-corrected chi connectivity index (χ2v) is 8.89. The molecular weight excluding hydrogens is 515 g/mol. The third-order valence-electron chi connectivity index (χ3n) is 3.90. The molecule has 0 radical (unpaired) electrons. The zero-order valence-electron chi connectivity index (χ0n) is 16.9. The average Bonchev–Trinajstić information content (AvgIpc) is 3.47. The minimum Gasteiger partial charge on any atom is -0.476 e. The van der Waals surface area contributed by atoms with Gasteiger partial charge in [-0.15, -0.1) is 22.7 Å². The molecule has 0 aromatic carbocycles. The van der Waals surface area contributed by atoms with Gasteiger partial charge < -0.3 is 15.3 Å². The number of nitrogens with one attached hydrogen (secondary N) is 1. The van der Waals surface area contributed by atoms with E-state index in [4.69, 9.17) is 5.11 Å². The second kappa shape index (κ2) is 10.6. The van der Waals surface area contributed by atoms with Crippen molar-refractivity contribution in [3.05, 3.63) is 45.8 Å². The number of halogens is 3. The summed E-state index contributed by atoms with van der Waals surface area (Å²) in [6.45, 7) is 0. The molecule has 0 saturated carbocycles. The maximum atomic E-state index is 13.6. The van der Waals surface area contributed by atoms with Crippen LogP contribution in [0.25, 0.3) is 10.6 Å². The Hall–Kier alpha value is -3.48. The van der Waals surface area contributed by atoms with Gasteiger partial charge in [-0.25, -0.2) is 14.8 Å². The first-order valence-corrected chi connectivity index (χ1v) is 11.7. The zero-order chi connectivity index (χ0) is 24.9. The summed E-state index contributed by atoms with van der Waals surface area (Å²) in [6.07, 6.45) is -4.79. The molecule has 0 aliphatic heterocycles. The van der Waals surface area contributed by atoms with Crippen LogP contribution in [0.1, 0.15) is 16.8 Å². The van der Waals surface area contributed by atoms with Crippen LogP contribution in [0.4, 0.5) is 18.3 Å². The summed E-state index contributed by atoms with van der Waals surface area (Å²) in [7, 11) is 1.16. The van der Waals surface area contributed by atoms with E-state index >= 15 is 0 Å². The predicted octanol–water partition coefficient (Wildman–Crippen LogP) is 4.32. The lowest BCUT2D eigenvalue weighted by Gasteiger charge is -2.13. The number of anilines is 1. The second-order valence-electron chi connectivity index (χ2n) is 6.12. The minimum atomic E-state index is -4.79. The highest BCUT2D eigenvalue weighted by molar-refractivity contribution is 8.00. The lowest BCUT2D eigenvalue weighted by Crippen LogP contribution is -2.17. The van der Waals surface area contributed by atoms with Gasteiger partial charge in [-0.1, -0.05) is 23.0 Å². The number of oxime groups is 1. The number of amides is 1. The summed E-state index contributed by atoms with van der Waals surface area (Å²) in [5, 5.41) is 27.1. The molecule has 15 heteroatoms. The van der Waals surface area contributed by atoms with Crippen LogP contribution in [0.3, 0.4) is 0 Å². The maximum Gasteiger partial charge on any atom is 0.417 e. The molecule has 3 aromatic rings. The molecule has 0 unspecified atom stereocenters. The van der Waals surface area contributed by atoms with Gasteiger partial charge in [0.1, 0.15) is 23.9 Å². The van der Waals surface area contributed by atoms with Crippen molar-refractivity contribution in [2.45, 2.75) is 11.2 Å². The molecule has 9 nitrogen and oxygen atoms in total. The molecule has 0 spiro atoms. The number of carboxylic acids is 1. The van der Waals surface area contributed by atoms with Crippen molar-refractivity contribution >= 4 is 57.2 Å². The van der Waals surface area contributed by atoms with E-state index in [2.05, 4.69) is 25.3 Å². The Labute approximate surface area is 201 Å². The number of carboxylic acid groups (broad SMARTS) is 1. The summed E-state index contributed by atoms with van der Waals surface area (Å²) >= 11 is 2.77. The molecular formula is C19H12F3N5O4S3. The molecule has 0 aliphatic carbocycles. The number of thiophene rings is 1.